The van der Waals surface area contributed by atoms with Gasteiger partial charge in [-0.2, -0.15) is 0 Å². The molecule has 0 saturated carbocycles. The van der Waals surface area contributed by atoms with Crippen LogP contribution in [0.1, 0.15) is 42.4 Å². The minimum absolute atomic E-state index is 0.0139. The zero-order chi connectivity index (χ0) is 24.3. The van der Waals surface area contributed by atoms with Crippen LogP contribution in [0.5, 0.6) is 5.75 Å². The highest BCUT2D eigenvalue weighted by atomic mass is 32.2. The molecule has 176 valence electrons. The molecule has 0 fully saturated rings. The minimum atomic E-state index is -0.316. The van der Waals surface area contributed by atoms with E-state index >= 15 is 0 Å². The van der Waals surface area contributed by atoms with Gasteiger partial charge in [0.2, 0.25) is 5.91 Å². The van der Waals surface area contributed by atoms with Gasteiger partial charge in [0.15, 0.2) is 11.6 Å². The first-order valence-electron chi connectivity index (χ1n) is 11.0. The summed E-state index contributed by atoms with van der Waals surface area (Å²) in [7, 11) is 1.63. The Kier molecular flexibility index (Phi) is 7.00. The van der Waals surface area contributed by atoms with E-state index in [1.807, 2.05) is 38.1 Å². The van der Waals surface area contributed by atoms with Crippen LogP contribution >= 0.6 is 11.8 Å². The lowest BCUT2D eigenvalue weighted by molar-refractivity contribution is -0.113. The predicted octanol–water partition coefficient (Wildman–Crippen LogP) is 4.94. The molecule has 3 aromatic rings. The first-order valence-corrected chi connectivity index (χ1v) is 11.9. The van der Waals surface area contributed by atoms with Crippen LogP contribution in [0.15, 0.2) is 53.6 Å². The number of Topliss-reactive ketones (excluding diaryl/α,β-unsaturated/α-hetero) is 1. The lowest BCUT2D eigenvalue weighted by atomic mass is 9.96. The SMILES string of the molecule is COc1ccc(-c2nc3c(c(SCC(=O)Nc4ccc(C(C)=O)cc4)n2)COC(C)(C)C3)cc1. The lowest BCUT2D eigenvalue weighted by Crippen LogP contribution is -2.33. The third kappa shape index (κ3) is 5.63. The van der Waals surface area contributed by atoms with Crippen molar-refractivity contribution in [1.82, 2.24) is 9.97 Å². The van der Waals surface area contributed by atoms with E-state index in [2.05, 4.69) is 5.32 Å². The molecule has 34 heavy (non-hydrogen) atoms. The first kappa shape index (κ1) is 23.9. The number of ketones is 1. The molecule has 0 spiro atoms. The van der Waals surface area contributed by atoms with Crippen LogP contribution in [0.4, 0.5) is 5.69 Å². The number of methoxy groups -OCH3 is 1. The molecule has 0 unspecified atom stereocenters. The van der Waals surface area contributed by atoms with Crippen LogP contribution in [0.2, 0.25) is 0 Å². The van der Waals surface area contributed by atoms with Gasteiger partial charge in [0.1, 0.15) is 10.8 Å². The smallest absolute Gasteiger partial charge is 0.234 e. The fourth-order valence-electron chi connectivity index (χ4n) is 3.63. The van der Waals surface area contributed by atoms with Crippen LogP contribution in [-0.4, -0.2) is 40.1 Å². The van der Waals surface area contributed by atoms with Crippen molar-refractivity contribution in [3.8, 4) is 17.1 Å². The number of anilines is 1. The van der Waals surface area contributed by atoms with Crippen molar-refractivity contribution in [2.24, 2.45) is 0 Å². The highest BCUT2D eigenvalue weighted by molar-refractivity contribution is 8.00. The van der Waals surface area contributed by atoms with Gasteiger partial charge in [-0.15, -0.1) is 0 Å². The van der Waals surface area contributed by atoms with Gasteiger partial charge < -0.3 is 14.8 Å². The van der Waals surface area contributed by atoms with E-state index in [9.17, 15) is 9.59 Å². The highest BCUT2D eigenvalue weighted by Gasteiger charge is 2.30. The van der Waals surface area contributed by atoms with E-state index < -0.39 is 0 Å². The fraction of sp³-hybridized carbons (Fsp3) is 0.308. The van der Waals surface area contributed by atoms with E-state index in [1.165, 1.54) is 18.7 Å². The number of carbonyl (C=O) groups excluding carboxylic acids is 2. The molecule has 0 aliphatic carbocycles. The van der Waals surface area contributed by atoms with E-state index in [-0.39, 0.29) is 23.0 Å². The summed E-state index contributed by atoms with van der Waals surface area (Å²) in [5, 5.41) is 3.61. The number of carbonyl (C=O) groups is 2. The zero-order valence-corrected chi connectivity index (χ0v) is 20.5. The molecule has 7 nitrogen and oxygen atoms in total. The lowest BCUT2D eigenvalue weighted by Gasteiger charge is -2.32. The molecule has 0 saturated heterocycles. The summed E-state index contributed by atoms with van der Waals surface area (Å²) in [6.45, 7) is 6.00. The Labute approximate surface area is 203 Å². The van der Waals surface area contributed by atoms with Gasteiger partial charge in [-0.25, -0.2) is 9.97 Å². The van der Waals surface area contributed by atoms with Gasteiger partial charge in [-0.3, -0.25) is 9.59 Å². The molecule has 2 heterocycles. The van der Waals surface area contributed by atoms with Crippen molar-refractivity contribution < 1.29 is 19.1 Å². The van der Waals surface area contributed by atoms with Crippen molar-refractivity contribution in [3.63, 3.8) is 0 Å². The number of hydrogen-bond donors (Lipinski definition) is 1. The highest BCUT2D eigenvalue weighted by Crippen LogP contribution is 2.34. The Morgan fingerprint density at radius 1 is 1.09 bits per heavy atom. The minimum Gasteiger partial charge on any atom is -0.497 e. The van der Waals surface area contributed by atoms with Crippen LogP contribution in [0, 0.1) is 0 Å². The number of nitrogens with one attached hydrogen (secondary N) is 1. The Hall–Kier alpha value is -3.23. The largest absolute Gasteiger partial charge is 0.497 e. The number of aromatic nitrogens is 2. The summed E-state index contributed by atoms with van der Waals surface area (Å²) in [4.78, 5) is 33.7. The second-order valence-corrected chi connectivity index (χ2v) is 9.67. The van der Waals surface area contributed by atoms with Gasteiger partial charge in [0.05, 0.1) is 30.8 Å². The number of hydrogen-bond acceptors (Lipinski definition) is 7. The molecular formula is C26H27N3O4S. The summed E-state index contributed by atoms with van der Waals surface area (Å²) in [6, 6.07) is 14.5. The normalized spacial score (nSPS) is 14.2. The molecule has 1 amide bonds. The third-order valence-corrected chi connectivity index (χ3v) is 6.54. The second kappa shape index (κ2) is 9.95. The van der Waals surface area contributed by atoms with Gasteiger partial charge in [0, 0.05) is 28.8 Å². The van der Waals surface area contributed by atoms with Gasteiger partial charge >= 0.3 is 0 Å². The topological polar surface area (TPSA) is 90.4 Å². The molecule has 1 N–H and O–H groups in total. The van der Waals surface area contributed by atoms with Crippen molar-refractivity contribution in [2.45, 2.75) is 44.4 Å². The Balaban J connectivity index is 1.54. The second-order valence-electron chi connectivity index (χ2n) is 8.70. The summed E-state index contributed by atoms with van der Waals surface area (Å²) in [6.07, 6.45) is 0.663. The number of ether oxygens (including phenoxy) is 2. The van der Waals surface area contributed by atoms with Crippen molar-refractivity contribution in [1.29, 1.82) is 0 Å². The van der Waals surface area contributed by atoms with Gasteiger partial charge in [-0.1, -0.05) is 11.8 Å². The molecular weight excluding hydrogens is 450 g/mol. The molecule has 1 aliphatic rings. The number of thioether (sulfide) groups is 1. The zero-order valence-electron chi connectivity index (χ0n) is 19.7. The number of amides is 1. The summed E-state index contributed by atoms with van der Waals surface area (Å²) in [5.74, 6) is 1.39. The molecule has 1 aliphatic heterocycles. The van der Waals surface area contributed by atoms with E-state index in [4.69, 9.17) is 19.4 Å². The van der Waals surface area contributed by atoms with Crippen LogP contribution in [0.3, 0.4) is 0 Å². The first-order chi connectivity index (χ1) is 16.2. The van der Waals surface area contributed by atoms with Crippen LogP contribution in [-0.2, 0) is 22.6 Å². The summed E-state index contributed by atoms with van der Waals surface area (Å²) < 4.78 is 11.3. The quantitative estimate of drug-likeness (QED) is 0.293. The third-order valence-electron chi connectivity index (χ3n) is 5.52. The molecule has 8 heteroatoms. The van der Waals surface area contributed by atoms with Crippen molar-refractivity contribution in [3.05, 3.63) is 65.4 Å². The summed E-state index contributed by atoms with van der Waals surface area (Å²) >= 11 is 1.37. The fourth-order valence-corrected chi connectivity index (χ4v) is 4.47. The number of fused-ring (bicyclic) bond motifs is 1. The molecule has 0 radical (unpaired) electrons. The summed E-state index contributed by atoms with van der Waals surface area (Å²) in [5.41, 5.74) is 3.69. The maximum atomic E-state index is 12.6. The maximum absolute atomic E-state index is 12.6. The average Bonchev–Trinajstić information content (AvgIpc) is 2.82. The predicted molar refractivity (Wildman–Crippen MR) is 132 cm³/mol. The Morgan fingerprint density at radius 3 is 2.44 bits per heavy atom. The Morgan fingerprint density at radius 2 is 1.79 bits per heavy atom. The molecule has 0 atom stereocenters. The maximum Gasteiger partial charge on any atom is 0.234 e. The van der Waals surface area contributed by atoms with Crippen LogP contribution in [0.25, 0.3) is 11.4 Å². The van der Waals surface area contributed by atoms with Gasteiger partial charge in [-0.05, 0) is 69.3 Å². The van der Waals surface area contributed by atoms with E-state index in [1.54, 1.807) is 31.4 Å². The van der Waals surface area contributed by atoms with E-state index in [0.29, 0.717) is 30.1 Å². The number of nitrogens with zero attached hydrogens (tertiary/aromatic N) is 2. The van der Waals surface area contributed by atoms with E-state index in [0.717, 1.165) is 27.6 Å². The molecule has 1 aromatic heterocycles. The van der Waals surface area contributed by atoms with Crippen LogP contribution < -0.4 is 10.1 Å². The van der Waals surface area contributed by atoms with Crippen molar-refractivity contribution >= 4 is 29.1 Å². The Bertz CT molecular complexity index is 1210. The molecule has 0 bridgehead atoms. The number of rotatable bonds is 7. The average molecular weight is 478 g/mol. The molecule has 4 rings (SSSR count). The monoisotopic (exact) mass is 477 g/mol. The standard InChI is InChI=1S/C26H27N3O4S/c1-16(30)17-5-9-19(10-6-17)27-23(31)15-34-25-21-14-33-26(2,3)13-22(21)28-24(29-25)18-7-11-20(32-4)12-8-18/h5-12H,13-15H2,1-4H3,(H,27,31). The molecule has 2 aromatic carbocycles. The number of benzene rings is 2. The van der Waals surface area contributed by atoms with Gasteiger partial charge in [0.25, 0.3) is 0 Å². The van der Waals surface area contributed by atoms with Crippen molar-refractivity contribution in [2.75, 3.05) is 18.2 Å².